The molecule has 0 unspecified atom stereocenters. The number of nitrogens with zero attached hydrogens (tertiary/aromatic N) is 2. The van der Waals surface area contributed by atoms with Gasteiger partial charge in [-0.25, -0.2) is 5.53 Å². The maximum absolute atomic E-state index is 12.4. The van der Waals surface area contributed by atoms with E-state index in [1.807, 2.05) is 6.92 Å². The molecular formula is C13H16N4O2. The number of nitrogen functional groups attached to an aromatic ring is 1. The van der Waals surface area contributed by atoms with Gasteiger partial charge in [0.05, 0.1) is 5.69 Å². The number of hydrogen-bond donors (Lipinski definition) is 2. The van der Waals surface area contributed by atoms with Gasteiger partial charge in [-0.1, -0.05) is 0 Å². The highest BCUT2D eigenvalue weighted by Gasteiger charge is 2.28. The van der Waals surface area contributed by atoms with Crippen LogP contribution in [0, 0.1) is 5.53 Å². The molecule has 0 spiro atoms. The molecule has 1 fully saturated rings. The standard InChI is InChI=1S/C13H16N4O2/c1-8-6-10(18)4-5-17(8)13(19)9-2-3-11(14)12(7-9)16-15/h2-3,7-8,15H,4-6,14H2,1H3/t8-/m1/s1. The maximum Gasteiger partial charge on any atom is 0.254 e. The summed E-state index contributed by atoms with van der Waals surface area (Å²) in [5, 5.41) is 3.29. The Balaban J connectivity index is 2.24. The molecular weight excluding hydrogens is 244 g/mol. The number of carbonyl (C=O) groups is 2. The van der Waals surface area contributed by atoms with E-state index in [1.54, 1.807) is 17.0 Å². The van der Waals surface area contributed by atoms with E-state index in [0.29, 0.717) is 30.6 Å². The molecule has 1 saturated heterocycles. The summed E-state index contributed by atoms with van der Waals surface area (Å²) in [5.74, 6) is 0.0422. The summed E-state index contributed by atoms with van der Waals surface area (Å²) < 4.78 is 0. The minimum atomic E-state index is -0.148. The number of anilines is 1. The molecule has 1 aromatic carbocycles. The molecule has 1 atom stereocenters. The molecule has 3 N–H and O–H groups in total. The number of carbonyl (C=O) groups excluding carboxylic acids is 2. The van der Waals surface area contributed by atoms with Crippen molar-refractivity contribution in [2.75, 3.05) is 12.3 Å². The Kier molecular flexibility index (Phi) is 3.59. The van der Waals surface area contributed by atoms with E-state index in [4.69, 9.17) is 11.3 Å². The van der Waals surface area contributed by atoms with Crippen molar-refractivity contribution >= 4 is 23.1 Å². The highest BCUT2D eigenvalue weighted by atomic mass is 16.2. The van der Waals surface area contributed by atoms with Crippen LogP contribution in [0.3, 0.4) is 0 Å². The largest absolute Gasteiger partial charge is 0.397 e. The number of piperidine rings is 1. The quantitative estimate of drug-likeness (QED) is 0.629. The Hall–Kier alpha value is -2.24. The van der Waals surface area contributed by atoms with Crippen molar-refractivity contribution in [1.29, 1.82) is 5.53 Å². The molecule has 1 heterocycles. The van der Waals surface area contributed by atoms with Crippen molar-refractivity contribution < 1.29 is 9.59 Å². The lowest BCUT2D eigenvalue weighted by Gasteiger charge is -2.32. The molecule has 100 valence electrons. The molecule has 1 aliphatic rings. The van der Waals surface area contributed by atoms with Crippen molar-refractivity contribution in [2.45, 2.75) is 25.8 Å². The lowest BCUT2D eigenvalue weighted by molar-refractivity contribution is -0.122. The number of Topliss-reactive ketones (excluding diaryl/α,β-unsaturated/α-hetero) is 1. The number of nitrogens with one attached hydrogen (secondary N) is 1. The van der Waals surface area contributed by atoms with Crippen molar-refractivity contribution in [1.82, 2.24) is 4.90 Å². The maximum atomic E-state index is 12.4. The fourth-order valence-corrected chi connectivity index (χ4v) is 2.25. The average molecular weight is 260 g/mol. The zero-order chi connectivity index (χ0) is 14.0. The van der Waals surface area contributed by atoms with Gasteiger partial charge in [0, 0.05) is 31.0 Å². The van der Waals surface area contributed by atoms with Gasteiger partial charge >= 0.3 is 0 Å². The Labute approximate surface area is 111 Å². The lowest BCUT2D eigenvalue weighted by atomic mass is 10.0. The number of likely N-dealkylation sites (tertiary alicyclic amines) is 1. The van der Waals surface area contributed by atoms with E-state index < -0.39 is 0 Å². The van der Waals surface area contributed by atoms with Gasteiger partial charge in [0.1, 0.15) is 11.5 Å². The summed E-state index contributed by atoms with van der Waals surface area (Å²) in [7, 11) is 0. The molecule has 0 radical (unpaired) electrons. The van der Waals surface area contributed by atoms with E-state index in [0.717, 1.165) is 0 Å². The third kappa shape index (κ3) is 2.62. The Morgan fingerprint density at radius 3 is 2.89 bits per heavy atom. The first-order valence-electron chi connectivity index (χ1n) is 6.12. The van der Waals surface area contributed by atoms with Crippen molar-refractivity contribution in [3.05, 3.63) is 23.8 Å². The molecule has 1 amide bonds. The Morgan fingerprint density at radius 1 is 1.53 bits per heavy atom. The van der Waals surface area contributed by atoms with Gasteiger partial charge in [0.15, 0.2) is 0 Å². The first kappa shape index (κ1) is 13.2. The summed E-state index contributed by atoms with van der Waals surface area (Å²) in [4.78, 5) is 25.4. The van der Waals surface area contributed by atoms with Crippen LogP contribution in [-0.4, -0.2) is 29.2 Å². The van der Waals surface area contributed by atoms with Gasteiger partial charge in [-0.05, 0) is 25.1 Å². The van der Waals surface area contributed by atoms with E-state index in [-0.39, 0.29) is 23.4 Å². The molecule has 1 aromatic rings. The molecule has 2 rings (SSSR count). The Morgan fingerprint density at radius 2 is 2.26 bits per heavy atom. The van der Waals surface area contributed by atoms with Crippen molar-refractivity contribution in [3.63, 3.8) is 0 Å². The fraction of sp³-hybridized carbons (Fsp3) is 0.385. The molecule has 0 aliphatic carbocycles. The third-order valence-electron chi connectivity index (χ3n) is 3.35. The molecule has 6 nitrogen and oxygen atoms in total. The minimum Gasteiger partial charge on any atom is -0.397 e. The monoisotopic (exact) mass is 260 g/mol. The van der Waals surface area contributed by atoms with E-state index in [1.165, 1.54) is 6.07 Å². The topological polar surface area (TPSA) is 99.6 Å². The van der Waals surface area contributed by atoms with Crippen LogP contribution in [0.1, 0.15) is 30.1 Å². The summed E-state index contributed by atoms with van der Waals surface area (Å²) in [5.41, 5.74) is 13.7. The molecule has 0 bridgehead atoms. The zero-order valence-corrected chi connectivity index (χ0v) is 10.7. The zero-order valence-electron chi connectivity index (χ0n) is 10.7. The number of rotatable bonds is 2. The summed E-state index contributed by atoms with van der Waals surface area (Å²) in [6, 6.07) is 4.60. The van der Waals surface area contributed by atoms with Gasteiger partial charge in [0.2, 0.25) is 0 Å². The van der Waals surface area contributed by atoms with Crippen LogP contribution >= 0.6 is 0 Å². The first-order valence-corrected chi connectivity index (χ1v) is 6.12. The number of benzene rings is 1. The number of nitrogens with two attached hydrogens (primary N) is 1. The average Bonchev–Trinajstić information content (AvgIpc) is 2.38. The first-order chi connectivity index (χ1) is 9.02. The minimum absolute atomic E-state index is 0.0947. The van der Waals surface area contributed by atoms with Gasteiger partial charge in [-0.15, -0.1) is 0 Å². The summed E-state index contributed by atoms with van der Waals surface area (Å²) >= 11 is 0. The van der Waals surface area contributed by atoms with E-state index in [2.05, 4.69) is 5.11 Å². The second-order valence-corrected chi connectivity index (χ2v) is 4.73. The summed E-state index contributed by atoms with van der Waals surface area (Å²) in [6.07, 6.45) is 0.803. The smallest absolute Gasteiger partial charge is 0.254 e. The van der Waals surface area contributed by atoms with Crippen molar-refractivity contribution in [2.24, 2.45) is 5.11 Å². The molecule has 0 saturated carbocycles. The highest BCUT2D eigenvalue weighted by Crippen LogP contribution is 2.25. The van der Waals surface area contributed by atoms with Crippen LogP contribution in [-0.2, 0) is 4.79 Å². The second-order valence-electron chi connectivity index (χ2n) is 4.73. The SMILES string of the molecule is C[C@@H]1CC(=O)CCN1C(=O)c1ccc(N)c(N=N)c1. The van der Waals surface area contributed by atoms with Gasteiger partial charge < -0.3 is 10.6 Å². The number of hydrogen-bond acceptors (Lipinski definition) is 5. The predicted molar refractivity (Wildman–Crippen MR) is 70.4 cm³/mol. The van der Waals surface area contributed by atoms with Crippen LogP contribution in [0.4, 0.5) is 11.4 Å². The number of amides is 1. The normalized spacial score (nSPS) is 19.3. The van der Waals surface area contributed by atoms with Crippen LogP contribution < -0.4 is 5.73 Å². The van der Waals surface area contributed by atoms with Crippen LogP contribution in [0.25, 0.3) is 0 Å². The molecule has 0 aromatic heterocycles. The van der Waals surface area contributed by atoms with Gasteiger partial charge in [-0.2, -0.15) is 5.11 Å². The molecule has 19 heavy (non-hydrogen) atoms. The van der Waals surface area contributed by atoms with Gasteiger partial charge in [-0.3, -0.25) is 9.59 Å². The lowest BCUT2D eigenvalue weighted by Crippen LogP contribution is -2.44. The Bertz CT molecular complexity index is 541. The van der Waals surface area contributed by atoms with E-state index >= 15 is 0 Å². The van der Waals surface area contributed by atoms with E-state index in [9.17, 15) is 9.59 Å². The van der Waals surface area contributed by atoms with Crippen LogP contribution in [0.5, 0.6) is 0 Å². The molecule has 6 heteroatoms. The predicted octanol–water partition coefficient (Wildman–Crippen LogP) is 2.12. The number of ketones is 1. The van der Waals surface area contributed by atoms with Gasteiger partial charge in [0.25, 0.3) is 5.91 Å². The highest BCUT2D eigenvalue weighted by molar-refractivity contribution is 5.97. The summed E-state index contributed by atoms with van der Waals surface area (Å²) in [6.45, 7) is 2.30. The van der Waals surface area contributed by atoms with Crippen LogP contribution in [0.2, 0.25) is 0 Å². The third-order valence-corrected chi connectivity index (χ3v) is 3.35. The van der Waals surface area contributed by atoms with Crippen LogP contribution in [0.15, 0.2) is 23.3 Å². The fourth-order valence-electron chi connectivity index (χ4n) is 2.25. The molecule has 1 aliphatic heterocycles. The van der Waals surface area contributed by atoms with Crippen molar-refractivity contribution in [3.8, 4) is 0 Å². The second kappa shape index (κ2) is 5.17.